The first-order valence-corrected chi connectivity index (χ1v) is 11.6. The molecular weight excluding hydrogens is 426 g/mol. The van der Waals surface area contributed by atoms with Gasteiger partial charge in [-0.05, 0) is 53.4 Å². The van der Waals surface area contributed by atoms with Gasteiger partial charge in [0.15, 0.2) is 11.5 Å². The Kier molecular flexibility index (Phi) is 7.38. The van der Waals surface area contributed by atoms with Crippen molar-refractivity contribution in [1.29, 1.82) is 0 Å². The monoisotopic (exact) mass is 459 g/mol. The van der Waals surface area contributed by atoms with Crippen molar-refractivity contribution in [2.45, 2.75) is 19.0 Å². The summed E-state index contributed by atoms with van der Waals surface area (Å²) in [7, 11) is 7.23. The maximum Gasteiger partial charge on any atom is 0.251 e. The quantitative estimate of drug-likeness (QED) is 0.544. The fourth-order valence-electron chi connectivity index (χ4n) is 4.50. The van der Waals surface area contributed by atoms with E-state index in [-0.39, 0.29) is 11.9 Å². The van der Waals surface area contributed by atoms with E-state index in [0.717, 1.165) is 25.2 Å². The molecule has 0 saturated heterocycles. The van der Waals surface area contributed by atoms with Crippen molar-refractivity contribution in [3.63, 3.8) is 0 Å². The van der Waals surface area contributed by atoms with Gasteiger partial charge in [-0.3, -0.25) is 9.69 Å². The molecule has 0 fully saturated rings. The topological polar surface area (TPSA) is 54.0 Å². The van der Waals surface area contributed by atoms with E-state index < -0.39 is 0 Å². The minimum Gasteiger partial charge on any atom is -0.493 e. The van der Waals surface area contributed by atoms with Crippen LogP contribution in [0.1, 0.15) is 33.1 Å². The molecule has 3 aromatic carbocycles. The Morgan fingerprint density at radius 3 is 2.35 bits per heavy atom. The van der Waals surface area contributed by atoms with Crippen molar-refractivity contribution in [1.82, 2.24) is 10.2 Å². The first-order chi connectivity index (χ1) is 16.5. The number of methoxy groups -OCH3 is 2. The highest BCUT2D eigenvalue weighted by atomic mass is 16.5. The van der Waals surface area contributed by atoms with Crippen LogP contribution >= 0.6 is 0 Å². The van der Waals surface area contributed by atoms with E-state index in [2.05, 4.69) is 63.6 Å². The van der Waals surface area contributed by atoms with Crippen molar-refractivity contribution in [2.24, 2.45) is 0 Å². The number of benzene rings is 3. The van der Waals surface area contributed by atoms with Crippen LogP contribution in [0.25, 0.3) is 0 Å². The van der Waals surface area contributed by atoms with E-state index in [1.807, 2.05) is 14.1 Å². The highest BCUT2D eigenvalue weighted by Crippen LogP contribution is 2.30. The van der Waals surface area contributed by atoms with Gasteiger partial charge in [-0.2, -0.15) is 0 Å². The van der Waals surface area contributed by atoms with Crippen molar-refractivity contribution >= 4 is 11.6 Å². The van der Waals surface area contributed by atoms with Gasteiger partial charge in [-0.25, -0.2) is 0 Å². The largest absolute Gasteiger partial charge is 0.493 e. The molecule has 0 radical (unpaired) electrons. The number of nitrogens with zero attached hydrogens (tertiary/aromatic N) is 2. The first kappa shape index (κ1) is 23.6. The summed E-state index contributed by atoms with van der Waals surface area (Å²) in [6, 6.07) is 22.5. The normalized spacial score (nSPS) is 14.1. The summed E-state index contributed by atoms with van der Waals surface area (Å²) < 4.78 is 10.7. The average molecular weight is 460 g/mol. The lowest BCUT2D eigenvalue weighted by atomic mass is 9.96. The summed E-state index contributed by atoms with van der Waals surface area (Å²) in [5.41, 5.74) is 5.66. The minimum atomic E-state index is -0.131. The Morgan fingerprint density at radius 1 is 0.971 bits per heavy atom. The van der Waals surface area contributed by atoms with E-state index in [4.69, 9.17) is 9.47 Å². The highest BCUT2D eigenvalue weighted by molar-refractivity contribution is 5.94. The van der Waals surface area contributed by atoms with Crippen LogP contribution < -0.4 is 19.7 Å². The number of carbonyl (C=O) groups excluding carboxylic acids is 1. The molecule has 1 atom stereocenters. The van der Waals surface area contributed by atoms with Crippen LogP contribution in [0.5, 0.6) is 11.5 Å². The Hall–Kier alpha value is -3.51. The highest BCUT2D eigenvalue weighted by Gasteiger charge is 2.25. The molecule has 0 spiro atoms. The molecule has 0 bridgehead atoms. The zero-order valence-electron chi connectivity index (χ0n) is 20.4. The lowest BCUT2D eigenvalue weighted by Crippen LogP contribution is -2.40. The van der Waals surface area contributed by atoms with Crippen molar-refractivity contribution in [3.8, 4) is 11.5 Å². The number of fused-ring (bicyclic) bond motifs is 1. The first-order valence-electron chi connectivity index (χ1n) is 11.6. The second kappa shape index (κ2) is 10.6. The Labute approximate surface area is 202 Å². The third kappa shape index (κ3) is 5.18. The van der Waals surface area contributed by atoms with Gasteiger partial charge in [0, 0.05) is 45.0 Å². The summed E-state index contributed by atoms with van der Waals surface area (Å²) in [5, 5.41) is 3.16. The van der Waals surface area contributed by atoms with Gasteiger partial charge in [-0.1, -0.05) is 36.4 Å². The third-order valence-electron chi connectivity index (χ3n) is 6.50. The number of hydrogen-bond acceptors (Lipinski definition) is 5. The van der Waals surface area contributed by atoms with Crippen LogP contribution in [-0.2, 0) is 13.0 Å². The predicted molar refractivity (Wildman–Crippen MR) is 136 cm³/mol. The van der Waals surface area contributed by atoms with Crippen LogP contribution in [0.3, 0.4) is 0 Å². The van der Waals surface area contributed by atoms with Gasteiger partial charge >= 0.3 is 0 Å². The molecule has 1 heterocycles. The van der Waals surface area contributed by atoms with Crippen LogP contribution in [0.4, 0.5) is 5.69 Å². The molecule has 0 aromatic heterocycles. The molecular formula is C28H33N3O3. The van der Waals surface area contributed by atoms with E-state index in [9.17, 15) is 4.79 Å². The van der Waals surface area contributed by atoms with Gasteiger partial charge < -0.3 is 19.7 Å². The molecule has 3 aromatic rings. The molecule has 6 nitrogen and oxygen atoms in total. The summed E-state index contributed by atoms with van der Waals surface area (Å²) in [6.07, 6.45) is 1.01. The summed E-state index contributed by atoms with van der Waals surface area (Å²) >= 11 is 0. The number of anilines is 1. The third-order valence-corrected chi connectivity index (χ3v) is 6.50. The van der Waals surface area contributed by atoms with E-state index in [0.29, 0.717) is 23.6 Å². The zero-order chi connectivity index (χ0) is 24.1. The summed E-state index contributed by atoms with van der Waals surface area (Å²) in [6.45, 7) is 2.32. The number of rotatable bonds is 8. The van der Waals surface area contributed by atoms with E-state index in [1.165, 1.54) is 16.7 Å². The molecule has 0 aliphatic carbocycles. The number of ether oxygens (including phenoxy) is 2. The fraction of sp³-hybridized carbons (Fsp3) is 0.321. The molecule has 1 aliphatic heterocycles. The SMILES string of the molecule is COc1ccc(C(=O)NC[C@@H](c2ccc(N(C)C)cc2)N2CCc3ccccc3C2)cc1OC. The lowest BCUT2D eigenvalue weighted by Gasteiger charge is -2.36. The molecule has 34 heavy (non-hydrogen) atoms. The van der Waals surface area contributed by atoms with Crippen molar-refractivity contribution < 1.29 is 14.3 Å². The minimum absolute atomic E-state index is 0.0636. The van der Waals surface area contributed by atoms with Crippen molar-refractivity contribution in [2.75, 3.05) is 46.3 Å². The zero-order valence-corrected chi connectivity index (χ0v) is 20.4. The predicted octanol–water partition coefficient (Wildman–Crippen LogP) is 4.30. The van der Waals surface area contributed by atoms with Gasteiger partial charge in [0.1, 0.15) is 0 Å². The summed E-state index contributed by atoms with van der Waals surface area (Å²) in [5.74, 6) is 1.01. The Bertz CT molecular complexity index is 1130. The maximum atomic E-state index is 13.0. The molecule has 0 unspecified atom stereocenters. The molecule has 1 aliphatic rings. The molecule has 1 amide bonds. The van der Waals surface area contributed by atoms with E-state index >= 15 is 0 Å². The fourth-order valence-corrected chi connectivity index (χ4v) is 4.50. The number of hydrogen-bond donors (Lipinski definition) is 1. The van der Waals surface area contributed by atoms with Gasteiger partial charge in [-0.15, -0.1) is 0 Å². The second-order valence-corrected chi connectivity index (χ2v) is 8.77. The van der Waals surface area contributed by atoms with Gasteiger partial charge in [0.25, 0.3) is 5.91 Å². The molecule has 4 rings (SSSR count). The lowest BCUT2D eigenvalue weighted by molar-refractivity contribution is 0.0927. The van der Waals surface area contributed by atoms with Crippen LogP contribution in [-0.4, -0.2) is 52.2 Å². The maximum absolute atomic E-state index is 13.0. The molecule has 0 saturated carbocycles. The molecule has 178 valence electrons. The Morgan fingerprint density at radius 2 is 1.68 bits per heavy atom. The van der Waals surface area contributed by atoms with E-state index in [1.54, 1.807) is 32.4 Å². The summed E-state index contributed by atoms with van der Waals surface area (Å²) in [4.78, 5) is 17.6. The van der Waals surface area contributed by atoms with Crippen molar-refractivity contribution in [3.05, 3.63) is 89.0 Å². The second-order valence-electron chi connectivity index (χ2n) is 8.77. The van der Waals surface area contributed by atoms with Crippen LogP contribution in [0, 0.1) is 0 Å². The average Bonchev–Trinajstić information content (AvgIpc) is 2.88. The standard InChI is InChI=1S/C28H33N3O3/c1-30(2)24-12-9-21(10-13-24)25(31-16-15-20-7-5-6-8-23(20)19-31)18-29-28(32)22-11-14-26(33-3)27(17-22)34-4/h5-14,17,25H,15-16,18-19H2,1-4H3,(H,29,32)/t25-/m0/s1. The Balaban J connectivity index is 1.55. The molecule has 1 N–H and O–H groups in total. The van der Waals surface area contributed by atoms with Gasteiger partial charge in [0.05, 0.1) is 20.3 Å². The van der Waals surface area contributed by atoms with Crippen LogP contribution in [0.15, 0.2) is 66.7 Å². The van der Waals surface area contributed by atoms with Crippen LogP contribution in [0.2, 0.25) is 0 Å². The number of amides is 1. The number of nitrogens with one attached hydrogen (secondary N) is 1. The number of carbonyl (C=O) groups is 1. The van der Waals surface area contributed by atoms with Gasteiger partial charge in [0.2, 0.25) is 0 Å². The molecule has 6 heteroatoms. The smallest absolute Gasteiger partial charge is 0.251 e.